The van der Waals surface area contributed by atoms with E-state index < -0.39 is 5.91 Å². The number of amides is 1. The smallest absolute Gasteiger partial charge is 0.259 e. The summed E-state index contributed by atoms with van der Waals surface area (Å²) in [7, 11) is 0. The number of hydrogen-bond acceptors (Lipinski definition) is 4. The van der Waals surface area contributed by atoms with E-state index in [0.717, 1.165) is 10.2 Å². The molecule has 0 aliphatic carbocycles. The maximum atomic E-state index is 11.2. The maximum absolute atomic E-state index is 11.2. The quantitative estimate of drug-likeness (QED) is 0.449. The molecule has 0 aliphatic heterocycles. The van der Waals surface area contributed by atoms with Gasteiger partial charge in [0.25, 0.3) is 5.91 Å². The van der Waals surface area contributed by atoms with Crippen LogP contribution < -0.4 is 15.2 Å². The Morgan fingerprint density at radius 3 is 2.54 bits per heavy atom. The first-order valence-corrected chi connectivity index (χ1v) is 7.91. The van der Waals surface area contributed by atoms with Gasteiger partial charge in [0.1, 0.15) is 36.4 Å². The number of nitrogens with two attached hydrogens (primary N) is 1. The number of rotatable bonds is 7. The van der Waals surface area contributed by atoms with E-state index >= 15 is 0 Å². The monoisotopic (exact) mass is 386 g/mol. The number of benzene rings is 2. The molecular formula is C18H15BrN2O3. The van der Waals surface area contributed by atoms with E-state index in [4.69, 9.17) is 20.5 Å². The minimum atomic E-state index is -0.782. The zero-order chi connectivity index (χ0) is 17.4. The van der Waals surface area contributed by atoms with Crippen molar-refractivity contribution in [2.45, 2.75) is 0 Å². The molecule has 0 fully saturated rings. The van der Waals surface area contributed by atoms with Crippen LogP contribution in [0, 0.1) is 11.3 Å². The van der Waals surface area contributed by atoms with Crippen molar-refractivity contribution in [3.05, 3.63) is 64.1 Å². The molecule has 0 aliphatic rings. The Balaban J connectivity index is 2.05. The molecule has 122 valence electrons. The molecule has 2 aromatic carbocycles. The Morgan fingerprint density at radius 1 is 1.17 bits per heavy atom. The summed E-state index contributed by atoms with van der Waals surface area (Å²) in [5.41, 5.74) is 5.61. The Hall–Kier alpha value is -2.78. The van der Waals surface area contributed by atoms with Crippen LogP contribution in [0.3, 0.4) is 0 Å². The fraction of sp³-hybridized carbons (Fsp3) is 0.111. The standard InChI is InChI=1S/C18H15BrN2O3/c19-15-6-7-17(13(11-15)10-14(12-20)18(21)22)24-9-8-23-16-4-2-1-3-5-16/h1-7,10-11H,8-9H2,(H2,21,22)/b14-10-. The molecule has 24 heavy (non-hydrogen) atoms. The van der Waals surface area contributed by atoms with Crippen molar-refractivity contribution in [3.63, 3.8) is 0 Å². The van der Waals surface area contributed by atoms with Crippen molar-refractivity contribution in [2.75, 3.05) is 13.2 Å². The number of carbonyl (C=O) groups excluding carboxylic acids is 1. The highest BCUT2D eigenvalue weighted by Gasteiger charge is 2.08. The lowest BCUT2D eigenvalue weighted by molar-refractivity contribution is -0.114. The summed E-state index contributed by atoms with van der Waals surface area (Å²) in [5.74, 6) is 0.511. The van der Waals surface area contributed by atoms with E-state index in [0.29, 0.717) is 24.5 Å². The topological polar surface area (TPSA) is 85.3 Å². The third kappa shape index (κ3) is 5.14. The molecule has 1 amide bonds. The fourth-order valence-electron chi connectivity index (χ4n) is 1.91. The molecule has 2 aromatic rings. The summed E-state index contributed by atoms with van der Waals surface area (Å²) in [5, 5.41) is 8.97. The van der Waals surface area contributed by atoms with E-state index in [2.05, 4.69) is 15.9 Å². The molecule has 2 N–H and O–H groups in total. The van der Waals surface area contributed by atoms with Crippen LogP contribution in [0.2, 0.25) is 0 Å². The van der Waals surface area contributed by atoms with Crippen LogP contribution in [-0.2, 0) is 4.79 Å². The van der Waals surface area contributed by atoms with Gasteiger partial charge in [-0.3, -0.25) is 4.79 Å². The van der Waals surface area contributed by atoms with Gasteiger partial charge >= 0.3 is 0 Å². The summed E-state index contributed by atoms with van der Waals surface area (Å²) in [6.07, 6.45) is 1.40. The molecule has 6 heteroatoms. The van der Waals surface area contributed by atoms with Crippen molar-refractivity contribution in [1.29, 1.82) is 5.26 Å². The molecule has 0 radical (unpaired) electrons. The molecule has 2 rings (SSSR count). The van der Waals surface area contributed by atoms with Gasteiger partial charge < -0.3 is 15.2 Å². The average Bonchev–Trinajstić information content (AvgIpc) is 2.58. The predicted octanol–water partition coefficient (Wildman–Crippen LogP) is 3.30. The highest BCUT2D eigenvalue weighted by Crippen LogP contribution is 2.25. The lowest BCUT2D eigenvalue weighted by Gasteiger charge is -2.11. The number of nitriles is 1. The highest BCUT2D eigenvalue weighted by molar-refractivity contribution is 9.10. The molecule has 0 aromatic heterocycles. The summed E-state index contributed by atoms with van der Waals surface area (Å²) in [6, 6.07) is 16.5. The van der Waals surface area contributed by atoms with Crippen LogP contribution in [0.1, 0.15) is 5.56 Å². The van der Waals surface area contributed by atoms with Crippen LogP contribution in [0.15, 0.2) is 58.6 Å². The van der Waals surface area contributed by atoms with Gasteiger partial charge in [-0.1, -0.05) is 34.1 Å². The molecule has 0 saturated heterocycles. The van der Waals surface area contributed by atoms with E-state index in [1.165, 1.54) is 6.08 Å². The minimum Gasteiger partial charge on any atom is -0.490 e. The number of carbonyl (C=O) groups is 1. The second kappa shape index (κ2) is 8.75. The Morgan fingerprint density at radius 2 is 1.88 bits per heavy atom. The zero-order valence-corrected chi connectivity index (χ0v) is 14.3. The van der Waals surface area contributed by atoms with E-state index in [-0.39, 0.29) is 5.57 Å². The van der Waals surface area contributed by atoms with Crippen LogP contribution in [0.25, 0.3) is 6.08 Å². The Kier molecular flexibility index (Phi) is 6.41. The molecular weight excluding hydrogens is 372 g/mol. The van der Waals surface area contributed by atoms with Gasteiger partial charge in [-0.05, 0) is 36.4 Å². The van der Waals surface area contributed by atoms with Gasteiger partial charge in [-0.2, -0.15) is 5.26 Å². The second-order valence-electron chi connectivity index (χ2n) is 4.73. The van der Waals surface area contributed by atoms with E-state index in [1.54, 1.807) is 24.3 Å². The van der Waals surface area contributed by atoms with E-state index in [9.17, 15) is 4.79 Å². The van der Waals surface area contributed by atoms with Gasteiger partial charge in [0.15, 0.2) is 0 Å². The largest absolute Gasteiger partial charge is 0.490 e. The SMILES string of the molecule is N#C/C(=C/c1cc(Br)ccc1OCCOc1ccccc1)C(N)=O. The highest BCUT2D eigenvalue weighted by atomic mass is 79.9. The second-order valence-corrected chi connectivity index (χ2v) is 5.64. The van der Waals surface area contributed by atoms with Gasteiger partial charge in [-0.25, -0.2) is 0 Å². The first kappa shape index (κ1) is 17.6. The van der Waals surface area contributed by atoms with Crippen LogP contribution in [0.5, 0.6) is 11.5 Å². The Labute approximate surface area is 148 Å². The first-order valence-electron chi connectivity index (χ1n) is 7.12. The van der Waals surface area contributed by atoms with Crippen LogP contribution in [0.4, 0.5) is 0 Å². The predicted molar refractivity (Wildman–Crippen MR) is 94.4 cm³/mol. The van der Waals surface area contributed by atoms with Crippen LogP contribution in [-0.4, -0.2) is 19.1 Å². The van der Waals surface area contributed by atoms with E-state index in [1.807, 2.05) is 30.3 Å². The van der Waals surface area contributed by atoms with Crippen molar-refractivity contribution in [3.8, 4) is 17.6 Å². The number of hydrogen-bond donors (Lipinski definition) is 1. The number of primary amides is 1. The number of para-hydroxylation sites is 1. The normalized spacial score (nSPS) is 10.8. The zero-order valence-electron chi connectivity index (χ0n) is 12.7. The van der Waals surface area contributed by atoms with Crippen LogP contribution >= 0.6 is 15.9 Å². The summed E-state index contributed by atoms with van der Waals surface area (Å²) in [6.45, 7) is 0.681. The maximum Gasteiger partial charge on any atom is 0.259 e. The lowest BCUT2D eigenvalue weighted by Crippen LogP contribution is -2.13. The van der Waals surface area contributed by atoms with Crippen molar-refractivity contribution in [1.82, 2.24) is 0 Å². The summed E-state index contributed by atoms with van der Waals surface area (Å²) >= 11 is 3.35. The first-order chi connectivity index (χ1) is 11.6. The van der Waals surface area contributed by atoms with Crippen molar-refractivity contribution >= 4 is 27.9 Å². The number of nitrogens with zero attached hydrogens (tertiary/aromatic N) is 1. The van der Waals surface area contributed by atoms with Gasteiger partial charge in [-0.15, -0.1) is 0 Å². The molecule has 0 heterocycles. The number of ether oxygens (including phenoxy) is 2. The Bertz CT molecular complexity index is 783. The fourth-order valence-corrected chi connectivity index (χ4v) is 2.28. The van der Waals surface area contributed by atoms with Gasteiger partial charge in [0.05, 0.1) is 0 Å². The van der Waals surface area contributed by atoms with Crippen molar-refractivity contribution < 1.29 is 14.3 Å². The minimum absolute atomic E-state index is 0.140. The molecule has 0 atom stereocenters. The van der Waals surface area contributed by atoms with Gasteiger partial charge in [0.2, 0.25) is 0 Å². The third-order valence-corrected chi connectivity index (χ3v) is 3.50. The molecule has 0 unspecified atom stereocenters. The molecule has 0 spiro atoms. The third-order valence-electron chi connectivity index (χ3n) is 3.01. The number of halogens is 1. The molecule has 0 saturated carbocycles. The molecule has 5 nitrogen and oxygen atoms in total. The summed E-state index contributed by atoms with van der Waals surface area (Å²) in [4.78, 5) is 11.2. The average molecular weight is 387 g/mol. The summed E-state index contributed by atoms with van der Waals surface area (Å²) < 4.78 is 12.0. The molecule has 0 bridgehead atoms. The lowest BCUT2D eigenvalue weighted by atomic mass is 10.1. The van der Waals surface area contributed by atoms with Crippen molar-refractivity contribution in [2.24, 2.45) is 5.73 Å². The van der Waals surface area contributed by atoms with Gasteiger partial charge in [0, 0.05) is 10.0 Å².